The molecule has 0 aromatic rings. The van der Waals surface area contributed by atoms with Gasteiger partial charge in [-0.2, -0.15) is 0 Å². The zero-order chi connectivity index (χ0) is 32.6. The van der Waals surface area contributed by atoms with Gasteiger partial charge in [0.25, 0.3) is 5.91 Å². The molecular weight excluding hydrogens is 484 g/mol. The molecule has 0 unspecified atom stereocenters. The first-order chi connectivity index (χ1) is 20.0. The highest BCUT2D eigenvalue weighted by molar-refractivity contribution is 6.23. The second kappa shape index (κ2) is 14.8. The van der Waals surface area contributed by atoms with Gasteiger partial charge in [-0.25, -0.2) is 0 Å². The minimum absolute atomic E-state index is 0.0709. The molecule has 1 radical (unpaired) electrons. The van der Waals surface area contributed by atoms with E-state index in [2.05, 4.69) is 10.6 Å². The molecule has 3 N–H and O–H groups in total. The van der Waals surface area contributed by atoms with Crippen LogP contribution in [0.5, 0.6) is 0 Å². The Bertz CT molecular complexity index is 1280. The molecule has 1 aliphatic carbocycles. The van der Waals surface area contributed by atoms with Crippen molar-refractivity contribution >= 4 is 17.5 Å². The van der Waals surface area contributed by atoms with Crippen molar-refractivity contribution < 1.29 is 35.8 Å². The zero-order valence-electron chi connectivity index (χ0n) is 27.8. The normalized spacial score (nSPS) is 34.1. The van der Waals surface area contributed by atoms with Crippen molar-refractivity contribution in [2.45, 2.75) is 58.8 Å². The highest BCUT2D eigenvalue weighted by Crippen LogP contribution is 2.28. The average Bonchev–Trinajstić information content (AvgIpc) is 2.93. The number of aliphatic hydroxyl groups is 1. The van der Waals surface area contributed by atoms with E-state index < -0.39 is 60.6 Å². The van der Waals surface area contributed by atoms with Crippen LogP contribution in [0.1, 0.15) is 47.4 Å². The van der Waals surface area contributed by atoms with E-state index in [1.54, 1.807) is 19.1 Å². The van der Waals surface area contributed by atoms with Gasteiger partial charge in [0.2, 0.25) is 11.6 Å². The number of ether oxygens (including phenoxy) is 2. The predicted octanol–water partition coefficient (Wildman–Crippen LogP) is 3.28. The Kier molecular flexibility index (Phi) is 9.32. The molecule has 0 saturated carbocycles. The molecule has 1 amide bonds. The number of fused-ring (bicyclic) bond motifs is 2. The van der Waals surface area contributed by atoms with Crippen molar-refractivity contribution in [2.24, 2.45) is 11.8 Å². The summed E-state index contributed by atoms with van der Waals surface area (Å²) in [5.41, 5.74) is 0.205. The SMILES string of the molecule is [2H]C([2H])=C([2H])C([2H])([2H])NC1=C2C[C@@H](C)C[C@H](OC)[C@H](O)[C@@H](C)/C=C(\C)[CH][C@H](OC)/C=C\C=C(/C)C(=O)NC(=CC1=O)C2=O. The average molecular weight is 531 g/mol. The Hall–Kier alpha value is -3.07. The second-order valence-electron chi connectivity index (χ2n) is 9.62. The van der Waals surface area contributed by atoms with Crippen molar-refractivity contribution in [1.82, 2.24) is 10.6 Å². The monoisotopic (exact) mass is 530 g/mol. The van der Waals surface area contributed by atoms with Gasteiger partial charge in [-0.15, -0.1) is 6.53 Å². The molecule has 1 heterocycles. The number of carbonyl (C=O) groups is 3. The minimum Gasteiger partial charge on any atom is -0.390 e. The number of methoxy groups -OCH3 is 2. The quantitative estimate of drug-likeness (QED) is 0.369. The van der Waals surface area contributed by atoms with Crippen LogP contribution in [-0.4, -0.2) is 61.6 Å². The van der Waals surface area contributed by atoms with Gasteiger partial charge < -0.3 is 25.2 Å². The number of allylic oxidation sites excluding steroid dienone is 4. The maximum Gasteiger partial charge on any atom is 0.251 e. The lowest BCUT2D eigenvalue weighted by Crippen LogP contribution is -2.37. The Morgan fingerprint density at radius 3 is 2.68 bits per heavy atom. The number of rotatable bonds is 5. The molecule has 0 saturated heterocycles. The number of amides is 1. The smallest absolute Gasteiger partial charge is 0.251 e. The van der Waals surface area contributed by atoms with Gasteiger partial charge in [0.1, 0.15) is 0 Å². The van der Waals surface area contributed by atoms with Gasteiger partial charge in [-0.3, -0.25) is 14.4 Å². The van der Waals surface area contributed by atoms with Gasteiger partial charge in [0, 0.05) is 50.3 Å². The summed E-state index contributed by atoms with van der Waals surface area (Å²) in [6.07, 6.45) is 7.67. The third-order valence-electron chi connectivity index (χ3n) is 6.48. The number of carbonyl (C=O) groups excluding carboxylic acids is 3. The van der Waals surface area contributed by atoms with Crippen LogP contribution in [0.15, 0.2) is 71.1 Å². The fraction of sp³-hybridized carbons (Fsp3) is 0.467. The van der Waals surface area contributed by atoms with Crippen LogP contribution < -0.4 is 10.6 Å². The predicted molar refractivity (Wildman–Crippen MR) is 148 cm³/mol. The molecule has 2 aliphatic rings. The number of nitrogens with one attached hydrogen (secondary N) is 2. The zero-order valence-corrected chi connectivity index (χ0v) is 22.8. The van der Waals surface area contributed by atoms with Crippen molar-refractivity contribution in [2.75, 3.05) is 20.7 Å². The van der Waals surface area contributed by atoms with E-state index in [0.29, 0.717) is 0 Å². The largest absolute Gasteiger partial charge is 0.390 e. The number of hydrogen-bond donors (Lipinski definition) is 3. The van der Waals surface area contributed by atoms with Crippen molar-refractivity contribution in [3.8, 4) is 0 Å². The van der Waals surface area contributed by atoms with Crippen molar-refractivity contribution in [3.05, 3.63) is 77.5 Å². The first kappa shape index (κ1) is 24.0. The van der Waals surface area contributed by atoms with E-state index in [1.807, 2.05) is 26.3 Å². The number of Topliss-reactive ketones (excluding diaryl/α,β-unsaturated/α-hetero) is 1. The third-order valence-corrected chi connectivity index (χ3v) is 6.48. The van der Waals surface area contributed by atoms with E-state index in [1.165, 1.54) is 27.2 Å². The molecule has 2 rings (SSSR count). The van der Waals surface area contributed by atoms with Gasteiger partial charge >= 0.3 is 0 Å². The summed E-state index contributed by atoms with van der Waals surface area (Å²) in [7, 11) is 3.00. The number of aliphatic hydroxyl groups excluding tert-OH is 1. The molecule has 0 fully saturated rings. The van der Waals surface area contributed by atoms with Crippen LogP contribution in [0.4, 0.5) is 0 Å². The number of ketones is 2. The fourth-order valence-corrected chi connectivity index (χ4v) is 4.39. The van der Waals surface area contributed by atoms with E-state index in [-0.39, 0.29) is 41.5 Å². The van der Waals surface area contributed by atoms with Crippen molar-refractivity contribution in [3.63, 3.8) is 0 Å². The highest BCUT2D eigenvalue weighted by atomic mass is 16.5. The minimum atomic E-state index is -2.81. The summed E-state index contributed by atoms with van der Waals surface area (Å²) >= 11 is 0. The fourth-order valence-electron chi connectivity index (χ4n) is 4.39. The highest BCUT2D eigenvalue weighted by Gasteiger charge is 2.32. The maximum atomic E-state index is 13.7. The van der Waals surface area contributed by atoms with Gasteiger partial charge in [-0.05, 0) is 32.6 Å². The molecule has 0 aromatic carbocycles. The van der Waals surface area contributed by atoms with E-state index in [9.17, 15) is 19.5 Å². The first-order valence-electron chi connectivity index (χ1n) is 14.9. The Morgan fingerprint density at radius 2 is 2.03 bits per heavy atom. The third kappa shape index (κ3) is 8.48. The second-order valence-corrected chi connectivity index (χ2v) is 9.62. The van der Waals surface area contributed by atoms with Crippen LogP contribution >= 0.6 is 0 Å². The topological polar surface area (TPSA) is 114 Å². The van der Waals surface area contributed by atoms with Crippen molar-refractivity contribution in [1.29, 1.82) is 0 Å². The van der Waals surface area contributed by atoms with Crippen LogP contribution in [0.25, 0.3) is 0 Å². The van der Waals surface area contributed by atoms with Crippen LogP contribution in [0.2, 0.25) is 0 Å². The van der Waals surface area contributed by atoms with Gasteiger partial charge in [-0.1, -0.05) is 49.8 Å². The molecule has 8 heteroatoms. The molecule has 1 aliphatic heterocycles. The summed E-state index contributed by atoms with van der Waals surface area (Å²) in [4.78, 5) is 39.8. The first-order valence-corrected chi connectivity index (χ1v) is 12.4. The molecule has 2 bridgehead atoms. The van der Waals surface area contributed by atoms with Crippen LogP contribution in [-0.2, 0) is 23.9 Å². The maximum absolute atomic E-state index is 13.7. The molecule has 207 valence electrons. The molecule has 0 aromatic heterocycles. The Morgan fingerprint density at radius 1 is 1.29 bits per heavy atom. The summed E-state index contributed by atoms with van der Waals surface area (Å²) < 4.78 is 49.9. The lowest BCUT2D eigenvalue weighted by molar-refractivity contribution is -0.120. The Balaban J connectivity index is 2.63. The van der Waals surface area contributed by atoms with Gasteiger partial charge in [0.05, 0.1) is 36.6 Å². The molecule has 5 atom stereocenters. The number of hydrogen-bond acceptors (Lipinski definition) is 7. The molecule has 0 spiro atoms. The Labute approximate surface area is 233 Å². The van der Waals surface area contributed by atoms with E-state index >= 15 is 0 Å². The summed E-state index contributed by atoms with van der Waals surface area (Å²) in [6.45, 7) is 3.11. The lowest BCUT2D eigenvalue weighted by Gasteiger charge is -2.29. The lowest BCUT2D eigenvalue weighted by atomic mass is 9.85. The standard InChI is InChI=1S/C30H41N2O6/c1-8-12-31-27-23-15-19(3)16-26(38-7)28(34)21(5)13-18(2)14-22(37-6)11-9-10-20(4)30(36)32-24(29(23)35)17-25(27)33/h8-11,13-14,17,19,21-22,26,28,31,34H,1,12,15-16H2,2-7H3,(H,32,36)/b11-9-,18-13+,20-10+/t19-,21+,22-,26+,28-/m1/s1/i1D2,8D,12D2. The van der Waals surface area contributed by atoms with Crippen LogP contribution in [0.3, 0.4) is 0 Å². The summed E-state index contributed by atoms with van der Waals surface area (Å²) in [6, 6.07) is -1.03. The van der Waals surface area contributed by atoms with E-state index in [4.69, 9.17) is 16.3 Å². The van der Waals surface area contributed by atoms with Gasteiger partial charge in [0.15, 0.2) is 0 Å². The van der Waals surface area contributed by atoms with E-state index in [0.717, 1.165) is 11.6 Å². The van der Waals surface area contributed by atoms with Crippen LogP contribution in [0, 0.1) is 18.3 Å². The molecule has 38 heavy (non-hydrogen) atoms. The molecule has 8 nitrogen and oxygen atoms in total. The molecular formula is C30H41N2O6. The summed E-state index contributed by atoms with van der Waals surface area (Å²) in [5, 5.41) is 15.9. The summed E-state index contributed by atoms with van der Waals surface area (Å²) in [5.74, 6) is -2.91.